The van der Waals surface area contributed by atoms with E-state index in [2.05, 4.69) is 57.6 Å². The molecule has 0 atom stereocenters. The molecule has 0 radical (unpaired) electrons. The van der Waals surface area contributed by atoms with Crippen LogP contribution >= 0.6 is 0 Å². The van der Waals surface area contributed by atoms with Crippen LogP contribution in [0, 0.1) is 0 Å². The van der Waals surface area contributed by atoms with E-state index in [0.717, 1.165) is 57.2 Å². The van der Waals surface area contributed by atoms with Crippen LogP contribution in [0.1, 0.15) is 49.7 Å². The maximum Gasteiger partial charge on any atom is 0.227 e. The van der Waals surface area contributed by atoms with E-state index in [1.807, 2.05) is 6.20 Å². The summed E-state index contributed by atoms with van der Waals surface area (Å²) in [7, 11) is 0. The summed E-state index contributed by atoms with van der Waals surface area (Å²) >= 11 is 0. The number of fused-ring (bicyclic) bond motifs is 1. The minimum atomic E-state index is 0.598. The van der Waals surface area contributed by atoms with E-state index >= 15 is 0 Å². The van der Waals surface area contributed by atoms with E-state index < -0.39 is 0 Å². The summed E-state index contributed by atoms with van der Waals surface area (Å²) in [6.07, 6.45) is 15.2. The zero-order valence-corrected chi connectivity index (χ0v) is 17.8. The van der Waals surface area contributed by atoms with E-state index in [0.29, 0.717) is 12.1 Å². The van der Waals surface area contributed by atoms with Crippen molar-refractivity contribution in [2.45, 2.75) is 57.0 Å². The van der Waals surface area contributed by atoms with Gasteiger partial charge < -0.3 is 15.1 Å². The Hall–Kier alpha value is -2.40. The Morgan fingerprint density at radius 3 is 2.60 bits per heavy atom. The van der Waals surface area contributed by atoms with Gasteiger partial charge in [-0.2, -0.15) is 4.98 Å². The van der Waals surface area contributed by atoms with Crippen molar-refractivity contribution in [1.82, 2.24) is 15.3 Å². The fraction of sp³-hybridized carbons (Fsp3) is 0.520. The highest BCUT2D eigenvalue weighted by atomic mass is 15.3. The first-order valence-corrected chi connectivity index (χ1v) is 11.7. The predicted octanol–water partition coefficient (Wildman–Crippen LogP) is 4.05. The Balaban J connectivity index is 1.17. The first-order valence-electron chi connectivity index (χ1n) is 11.7. The Kier molecular flexibility index (Phi) is 5.98. The molecule has 1 aromatic heterocycles. The molecule has 30 heavy (non-hydrogen) atoms. The van der Waals surface area contributed by atoms with Crippen LogP contribution in [0.25, 0.3) is 6.08 Å². The molecule has 1 saturated carbocycles. The molecule has 1 saturated heterocycles. The lowest BCUT2D eigenvalue weighted by Gasteiger charge is -2.35. The van der Waals surface area contributed by atoms with Crippen molar-refractivity contribution in [2.75, 3.05) is 36.0 Å². The number of rotatable bonds is 6. The van der Waals surface area contributed by atoms with Crippen molar-refractivity contribution >= 4 is 17.8 Å². The minimum Gasteiger partial charge on any atom is -0.349 e. The largest absolute Gasteiger partial charge is 0.349 e. The molecule has 3 aliphatic rings. The lowest BCUT2D eigenvalue weighted by atomic mass is 10.0. The molecule has 2 fully saturated rings. The Labute approximate surface area is 180 Å². The number of nitrogens with one attached hydrogen (secondary N) is 1. The van der Waals surface area contributed by atoms with Gasteiger partial charge in [0.15, 0.2) is 0 Å². The lowest BCUT2D eigenvalue weighted by Crippen LogP contribution is -2.44. The first kappa shape index (κ1) is 19.6. The van der Waals surface area contributed by atoms with Crippen molar-refractivity contribution in [3.05, 3.63) is 53.7 Å². The van der Waals surface area contributed by atoms with E-state index in [1.165, 1.54) is 36.8 Å². The molecule has 2 aromatic rings. The van der Waals surface area contributed by atoms with E-state index in [1.54, 1.807) is 0 Å². The van der Waals surface area contributed by atoms with Gasteiger partial charge in [0.05, 0.1) is 0 Å². The van der Waals surface area contributed by atoms with Crippen LogP contribution in [-0.2, 0) is 6.42 Å². The molecule has 2 aliphatic heterocycles. The molecule has 158 valence electrons. The van der Waals surface area contributed by atoms with Crippen LogP contribution in [0.5, 0.6) is 0 Å². The van der Waals surface area contributed by atoms with Crippen molar-refractivity contribution in [1.29, 1.82) is 0 Å². The molecule has 1 N–H and O–H groups in total. The summed E-state index contributed by atoms with van der Waals surface area (Å²) in [5, 5.41) is 3.75. The van der Waals surface area contributed by atoms with Gasteiger partial charge in [0.2, 0.25) is 5.95 Å². The standard InChI is InChI=1S/C25H33N5/c1-2-7-20(8-3-1)12-15-26-22-13-17-29(18-14-22)25-27-19-21-9-6-16-30(24(21)28-25)23-10-4-5-11-23/h1-3,6-9,19,22-23,26H,4-5,10-18H2. The van der Waals surface area contributed by atoms with Crippen molar-refractivity contribution in [2.24, 2.45) is 0 Å². The second-order valence-electron chi connectivity index (χ2n) is 8.89. The molecule has 3 heterocycles. The Morgan fingerprint density at radius 2 is 1.80 bits per heavy atom. The molecule has 5 rings (SSSR count). The van der Waals surface area contributed by atoms with Crippen molar-refractivity contribution in [3.63, 3.8) is 0 Å². The van der Waals surface area contributed by atoms with Gasteiger partial charge in [-0.3, -0.25) is 0 Å². The molecule has 0 bridgehead atoms. The Morgan fingerprint density at radius 1 is 1.00 bits per heavy atom. The van der Waals surface area contributed by atoms with Gasteiger partial charge in [-0.1, -0.05) is 55.3 Å². The molecule has 0 unspecified atom stereocenters. The third-order valence-electron chi connectivity index (χ3n) is 6.89. The van der Waals surface area contributed by atoms with Gasteiger partial charge in [-0.15, -0.1) is 0 Å². The number of hydrogen-bond acceptors (Lipinski definition) is 5. The van der Waals surface area contributed by atoms with Crippen LogP contribution < -0.4 is 15.1 Å². The summed E-state index contributed by atoms with van der Waals surface area (Å²) < 4.78 is 0. The summed E-state index contributed by atoms with van der Waals surface area (Å²) in [5.74, 6) is 2.06. The molecule has 0 amide bonds. The average molecular weight is 404 g/mol. The number of hydrogen-bond donors (Lipinski definition) is 1. The average Bonchev–Trinajstić information content (AvgIpc) is 3.34. The molecule has 0 spiro atoms. The molecular weight excluding hydrogens is 370 g/mol. The molecule has 5 heteroatoms. The number of nitrogens with zero attached hydrogens (tertiary/aromatic N) is 4. The quantitative estimate of drug-likeness (QED) is 0.788. The highest BCUT2D eigenvalue weighted by Crippen LogP contribution is 2.33. The maximum atomic E-state index is 5.06. The summed E-state index contributed by atoms with van der Waals surface area (Å²) in [5.41, 5.74) is 2.58. The summed E-state index contributed by atoms with van der Waals surface area (Å²) in [6.45, 7) is 4.09. The van der Waals surface area contributed by atoms with Gasteiger partial charge >= 0.3 is 0 Å². The van der Waals surface area contributed by atoms with Crippen LogP contribution in [0.15, 0.2) is 42.6 Å². The topological polar surface area (TPSA) is 44.3 Å². The summed E-state index contributed by atoms with van der Waals surface area (Å²) in [6, 6.07) is 12.0. The Bertz CT molecular complexity index is 851. The normalized spacial score (nSPS) is 20.0. The minimum absolute atomic E-state index is 0.598. The molecule has 5 nitrogen and oxygen atoms in total. The zero-order valence-electron chi connectivity index (χ0n) is 17.8. The van der Waals surface area contributed by atoms with Gasteiger partial charge in [0, 0.05) is 43.5 Å². The number of anilines is 2. The number of aromatic nitrogens is 2. The maximum absolute atomic E-state index is 5.06. The van der Waals surface area contributed by atoms with Crippen molar-refractivity contribution < 1.29 is 0 Å². The summed E-state index contributed by atoms with van der Waals surface area (Å²) in [4.78, 5) is 14.7. The second kappa shape index (κ2) is 9.17. The van der Waals surface area contributed by atoms with Gasteiger partial charge in [-0.05, 0) is 44.2 Å². The van der Waals surface area contributed by atoms with Gasteiger partial charge in [0.25, 0.3) is 0 Å². The van der Waals surface area contributed by atoms with Crippen LogP contribution in [-0.4, -0.2) is 48.2 Å². The fourth-order valence-corrected chi connectivity index (χ4v) is 5.14. The molecule has 1 aromatic carbocycles. The number of benzene rings is 1. The van der Waals surface area contributed by atoms with Crippen LogP contribution in [0.3, 0.4) is 0 Å². The highest BCUT2D eigenvalue weighted by Gasteiger charge is 2.28. The SMILES string of the molecule is C1=Cc2cnc(N3CCC(NCCc4ccccc4)CC3)nc2N(C2CCCC2)C1. The van der Waals surface area contributed by atoms with Gasteiger partial charge in [-0.25, -0.2) is 4.98 Å². The molecule has 1 aliphatic carbocycles. The third kappa shape index (κ3) is 4.36. The smallest absolute Gasteiger partial charge is 0.227 e. The third-order valence-corrected chi connectivity index (χ3v) is 6.89. The van der Waals surface area contributed by atoms with Crippen LogP contribution in [0.4, 0.5) is 11.8 Å². The van der Waals surface area contributed by atoms with E-state index in [4.69, 9.17) is 9.97 Å². The van der Waals surface area contributed by atoms with Crippen LogP contribution in [0.2, 0.25) is 0 Å². The monoisotopic (exact) mass is 403 g/mol. The van der Waals surface area contributed by atoms with Gasteiger partial charge in [0.1, 0.15) is 5.82 Å². The number of piperidine rings is 1. The zero-order chi connectivity index (χ0) is 20.2. The van der Waals surface area contributed by atoms with Crippen molar-refractivity contribution in [3.8, 4) is 0 Å². The van der Waals surface area contributed by atoms with E-state index in [-0.39, 0.29) is 0 Å². The predicted molar refractivity (Wildman–Crippen MR) is 124 cm³/mol. The first-order chi connectivity index (χ1) is 14.9. The fourth-order valence-electron chi connectivity index (χ4n) is 5.14. The second-order valence-corrected chi connectivity index (χ2v) is 8.89. The molecular formula is C25H33N5. The lowest BCUT2D eigenvalue weighted by molar-refractivity contribution is 0.414. The van der Waals surface area contributed by atoms with E-state index in [9.17, 15) is 0 Å². The highest BCUT2D eigenvalue weighted by molar-refractivity contribution is 5.69.